The van der Waals surface area contributed by atoms with Crippen LogP contribution in [0.1, 0.15) is 30.2 Å². The number of halogens is 1. The normalized spacial score (nSPS) is 24.9. The van der Waals surface area contributed by atoms with Gasteiger partial charge in [-0.15, -0.1) is 0 Å². The second-order valence-corrected chi connectivity index (χ2v) is 10.1. The molecule has 184 valence electrons. The van der Waals surface area contributed by atoms with Gasteiger partial charge in [-0.2, -0.15) is 0 Å². The third kappa shape index (κ3) is 3.46. The lowest BCUT2D eigenvalue weighted by Crippen LogP contribution is -2.44. The summed E-state index contributed by atoms with van der Waals surface area (Å²) in [5, 5.41) is 27.6. The predicted octanol–water partition coefficient (Wildman–Crippen LogP) is 3.58. The Balaban J connectivity index is 1.17. The molecular formula is C27H27FN6O2. The summed E-state index contributed by atoms with van der Waals surface area (Å²) in [6, 6.07) is 10.8. The lowest BCUT2D eigenvalue weighted by molar-refractivity contribution is 0.0792. The average molecular weight is 487 g/mol. The molecule has 1 aromatic carbocycles. The summed E-state index contributed by atoms with van der Waals surface area (Å²) in [6.45, 7) is 2.25. The first-order valence-electron chi connectivity index (χ1n) is 12.4. The van der Waals surface area contributed by atoms with E-state index in [9.17, 15) is 14.6 Å². The van der Waals surface area contributed by atoms with Crippen molar-refractivity contribution in [3.8, 4) is 11.3 Å². The molecule has 8 nitrogen and oxygen atoms in total. The zero-order chi connectivity index (χ0) is 24.4. The summed E-state index contributed by atoms with van der Waals surface area (Å²) in [5.74, 6) is 1.07. The van der Waals surface area contributed by atoms with E-state index in [1.54, 1.807) is 12.4 Å². The molecule has 9 heteroatoms. The van der Waals surface area contributed by atoms with Crippen LogP contribution in [0.2, 0.25) is 0 Å². The first kappa shape index (κ1) is 21.7. The molecule has 3 aliphatic rings. The number of aromatic nitrogens is 3. The first-order chi connectivity index (χ1) is 17.5. The Morgan fingerprint density at radius 1 is 1.00 bits per heavy atom. The van der Waals surface area contributed by atoms with Crippen molar-refractivity contribution in [2.24, 2.45) is 11.8 Å². The molecule has 3 aromatic heterocycles. The molecule has 2 fully saturated rings. The van der Waals surface area contributed by atoms with Crippen LogP contribution in [-0.2, 0) is 6.54 Å². The van der Waals surface area contributed by atoms with E-state index in [0.717, 1.165) is 59.7 Å². The number of rotatable bonds is 4. The van der Waals surface area contributed by atoms with Crippen LogP contribution in [0.15, 0.2) is 55.0 Å². The third-order valence-corrected chi connectivity index (χ3v) is 8.01. The van der Waals surface area contributed by atoms with Gasteiger partial charge in [-0.3, -0.25) is 9.72 Å². The van der Waals surface area contributed by atoms with Crippen LogP contribution in [0.25, 0.3) is 16.9 Å². The van der Waals surface area contributed by atoms with Gasteiger partial charge in [-0.1, -0.05) is 6.07 Å². The van der Waals surface area contributed by atoms with Crippen LogP contribution in [-0.4, -0.2) is 43.8 Å². The van der Waals surface area contributed by atoms with Crippen molar-refractivity contribution < 1.29 is 14.6 Å². The molecule has 7 rings (SSSR count). The van der Waals surface area contributed by atoms with Gasteiger partial charge in [0, 0.05) is 60.5 Å². The molecular weight excluding hydrogens is 459 g/mol. The SMILES string of the molecule is OC1NCc2c(-c3cnc4cc(F)ccn34)ccc(Nc3ccc(N4C[C@H]5CC[C@@H](C4)C5O)cn3)c21. The van der Waals surface area contributed by atoms with Crippen molar-refractivity contribution >= 4 is 22.8 Å². The zero-order valence-corrected chi connectivity index (χ0v) is 19.6. The Hall–Kier alpha value is -3.53. The molecule has 0 spiro atoms. The van der Waals surface area contributed by atoms with Crippen LogP contribution in [0.4, 0.5) is 21.6 Å². The van der Waals surface area contributed by atoms with E-state index in [2.05, 4.69) is 31.6 Å². The lowest BCUT2D eigenvalue weighted by Gasteiger charge is -2.36. The number of aliphatic hydroxyl groups excluding tert-OH is 2. The van der Waals surface area contributed by atoms with Gasteiger partial charge in [-0.25, -0.2) is 14.4 Å². The highest BCUT2D eigenvalue weighted by atomic mass is 19.1. The van der Waals surface area contributed by atoms with Crippen molar-refractivity contribution in [3.63, 3.8) is 0 Å². The number of benzene rings is 1. The summed E-state index contributed by atoms with van der Waals surface area (Å²) in [4.78, 5) is 11.3. The quantitative estimate of drug-likeness (QED) is 0.350. The Morgan fingerprint density at radius 3 is 2.61 bits per heavy atom. The largest absolute Gasteiger partial charge is 0.392 e. The molecule has 2 aliphatic heterocycles. The molecule has 1 aliphatic carbocycles. The maximum atomic E-state index is 13.6. The molecule has 0 radical (unpaired) electrons. The van der Waals surface area contributed by atoms with Gasteiger partial charge in [0.1, 0.15) is 23.5 Å². The van der Waals surface area contributed by atoms with Crippen molar-refractivity contribution in [2.45, 2.75) is 31.7 Å². The number of hydrogen-bond acceptors (Lipinski definition) is 7. The maximum absolute atomic E-state index is 13.6. The average Bonchev–Trinajstić information content (AvgIpc) is 3.52. The van der Waals surface area contributed by atoms with Gasteiger partial charge in [0.2, 0.25) is 0 Å². The van der Waals surface area contributed by atoms with E-state index in [1.165, 1.54) is 12.1 Å². The van der Waals surface area contributed by atoms with Crippen LogP contribution in [0.5, 0.6) is 0 Å². The topological polar surface area (TPSA) is 98.0 Å². The van der Waals surface area contributed by atoms with Gasteiger partial charge in [0.05, 0.1) is 29.9 Å². The Labute approximate surface area is 207 Å². The Bertz CT molecular complexity index is 1440. The summed E-state index contributed by atoms with van der Waals surface area (Å²) in [5.41, 5.74) is 5.90. The van der Waals surface area contributed by atoms with E-state index < -0.39 is 6.23 Å². The van der Waals surface area contributed by atoms with E-state index in [1.807, 2.05) is 28.8 Å². The van der Waals surface area contributed by atoms with Crippen molar-refractivity contribution in [1.82, 2.24) is 19.7 Å². The van der Waals surface area contributed by atoms with Gasteiger partial charge in [0.15, 0.2) is 0 Å². The van der Waals surface area contributed by atoms with Crippen LogP contribution in [0.3, 0.4) is 0 Å². The highest BCUT2D eigenvalue weighted by molar-refractivity contribution is 5.76. The highest BCUT2D eigenvalue weighted by Crippen LogP contribution is 2.40. The summed E-state index contributed by atoms with van der Waals surface area (Å²) >= 11 is 0. The second kappa shape index (κ2) is 8.26. The molecule has 1 saturated carbocycles. The minimum absolute atomic E-state index is 0.165. The lowest BCUT2D eigenvalue weighted by atomic mass is 9.95. The number of hydrogen-bond donors (Lipinski definition) is 4. The van der Waals surface area contributed by atoms with E-state index in [4.69, 9.17) is 0 Å². The molecule has 4 N–H and O–H groups in total. The maximum Gasteiger partial charge on any atom is 0.140 e. The number of anilines is 3. The molecule has 2 bridgehead atoms. The fourth-order valence-electron chi connectivity index (χ4n) is 6.16. The first-order valence-corrected chi connectivity index (χ1v) is 12.4. The monoisotopic (exact) mass is 486 g/mol. The van der Waals surface area contributed by atoms with E-state index in [0.29, 0.717) is 29.8 Å². The van der Waals surface area contributed by atoms with Gasteiger partial charge in [0.25, 0.3) is 0 Å². The number of fused-ring (bicyclic) bond motifs is 4. The molecule has 4 aromatic rings. The number of pyridine rings is 2. The number of piperidine rings is 1. The van der Waals surface area contributed by atoms with E-state index >= 15 is 0 Å². The number of nitrogens with one attached hydrogen (secondary N) is 2. The Kier molecular flexibility index (Phi) is 4.99. The van der Waals surface area contributed by atoms with Gasteiger partial charge < -0.3 is 20.4 Å². The van der Waals surface area contributed by atoms with Crippen molar-refractivity contribution in [2.75, 3.05) is 23.3 Å². The Morgan fingerprint density at radius 2 is 1.83 bits per heavy atom. The summed E-state index contributed by atoms with van der Waals surface area (Å²) < 4.78 is 15.5. The number of imidazole rings is 1. The fraction of sp³-hybridized carbons (Fsp3) is 0.333. The zero-order valence-electron chi connectivity index (χ0n) is 19.6. The second-order valence-electron chi connectivity index (χ2n) is 10.1. The summed E-state index contributed by atoms with van der Waals surface area (Å²) in [7, 11) is 0. The van der Waals surface area contributed by atoms with Crippen molar-refractivity contribution in [1.29, 1.82) is 0 Å². The molecule has 1 saturated heterocycles. The molecule has 2 unspecified atom stereocenters. The number of nitrogens with zero attached hydrogens (tertiary/aromatic N) is 4. The molecule has 0 amide bonds. The van der Waals surface area contributed by atoms with Crippen molar-refractivity contribution in [3.05, 3.63) is 71.9 Å². The highest BCUT2D eigenvalue weighted by Gasteiger charge is 2.41. The summed E-state index contributed by atoms with van der Waals surface area (Å²) in [6.07, 6.45) is 6.49. The number of aliphatic hydroxyl groups is 2. The van der Waals surface area contributed by atoms with Crippen LogP contribution in [0, 0.1) is 17.7 Å². The molecule has 5 heterocycles. The minimum atomic E-state index is -0.811. The standard InChI is InChI=1S/C27H27FN6O2/c28-17-7-8-34-22(12-30-24(34)9-17)19-4-5-21(25-20(19)11-31-27(25)36)32-23-6-3-18(10-29-23)33-13-15-1-2-16(14-33)26(15)35/h3-10,12,15-16,26-27,31,35-36H,1-2,11,13-14H2,(H,29,32)/t15-,16+,26?,27?. The smallest absolute Gasteiger partial charge is 0.140 e. The van der Waals surface area contributed by atoms with Crippen LogP contribution >= 0.6 is 0 Å². The van der Waals surface area contributed by atoms with Crippen LogP contribution < -0.4 is 15.5 Å². The molecule has 36 heavy (non-hydrogen) atoms. The van der Waals surface area contributed by atoms with Gasteiger partial charge in [-0.05, 0) is 42.7 Å². The molecule has 4 atom stereocenters. The third-order valence-electron chi connectivity index (χ3n) is 8.01. The predicted molar refractivity (Wildman–Crippen MR) is 134 cm³/mol. The van der Waals surface area contributed by atoms with E-state index in [-0.39, 0.29) is 11.9 Å². The fourth-order valence-corrected chi connectivity index (χ4v) is 6.16. The minimum Gasteiger partial charge on any atom is -0.392 e. The van der Waals surface area contributed by atoms with Gasteiger partial charge >= 0.3 is 0 Å².